The van der Waals surface area contributed by atoms with Crippen molar-refractivity contribution in [2.75, 3.05) is 12.4 Å². The van der Waals surface area contributed by atoms with E-state index in [0.717, 1.165) is 25.7 Å². The van der Waals surface area contributed by atoms with Gasteiger partial charge in [0, 0.05) is 12.1 Å². The number of ether oxygens (including phenoxy) is 1. The summed E-state index contributed by atoms with van der Waals surface area (Å²) < 4.78 is 5.32. The van der Waals surface area contributed by atoms with Gasteiger partial charge in [0.1, 0.15) is 5.75 Å². The molecule has 1 N–H and O–H groups in total. The number of carbonyl (C=O) groups excluding carboxylic acids is 1. The van der Waals surface area contributed by atoms with Crippen LogP contribution in [0.1, 0.15) is 31.7 Å². The van der Waals surface area contributed by atoms with E-state index in [1.54, 1.807) is 24.3 Å². The van der Waals surface area contributed by atoms with Gasteiger partial charge in [-0.1, -0.05) is 12.1 Å². The first-order valence-electron chi connectivity index (χ1n) is 8.34. The number of anilines is 1. The number of urea groups is 1. The predicted octanol–water partition coefficient (Wildman–Crippen LogP) is 2.69. The maximum absolute atomic E-state index is 12.8. The molecule has 2 bridgehead atoms. The van der Waals surface area contributed by atoms with Crippen molar-refractivity contribution in [1.82, 2.24) is 19.9 Å². The first-order valence-corrected chi connectivity index (χ1v) is 8.34. The second kappa shape index (κ2) is 6.14. The van der Waals surface area contributed by atoms with Gasteiger partial charge in [-0.2, -0.15) is 15.0 Å². The van der Waals surface area contributed by atoms with Gasteiger partial charge in [0.05, 0.1) is 31.2 Å². The smallest absolute Gasteiger partial charge is 0.322 e. The van der Waals surface area contributed by atoms with Gasteiger partial charge >= 0.3 is 6.03 Å². The minimum atomic E-state index is -0.0427. The number of methoxy groups -OCH3 is 1. The Kier molecular flexibility index (Phi) is 3.84. The van der Waals surface area contributed by atoms with Crippen molar-refractivity contribution in [3.05, 3.63) is 36.7 Å². The fraction of sp³-hybridized carbons (Fsp3) is 0.471. The molecule has 2 atom stereocenters. The SMILES string of the molecule is COc1ccccc1NC(=O)N1C2CCC1CC(n1nccn1)C2. The molecule has 2 unspecified atom stereocenters. The maximum Gasteiger partial charge on any atom is 0.322 e. The Hall–Kier alpha value is -2.57. The average Bonchev–Trinajstić information content (AvgIpc) is 3.22. The number of hydrogen-bond acceptors (Lipinski definition) is 4. The van der Waals surface area contributed by atoms with Gasteiger partial charge in [0.25, 0.3) is 0 Å². The van der Waals surface area contributed by atoms with Gasteiger partial charge in [-0.25, -0.2) is 4.79 Å². The largest absolute Gasteiger partial charge is 0.495 e. The van der Waals surface area contributed by atoms with E-state index in [2.05, 4.69) is 15.5 Å². The highest BCUT2D eigenvalue weighted by Gasteiger charge is 2.44. The lowest BCUT2D eigenvalue weighted by molar-refractivity contribution is 0.124. The quantitative estimate of drug-likeness (QED) is 0.941. The van der Waals surface area contributed by atoms with Crippen LogP contribution < -0.4 is 10.1 Å². The molecule has 1 aromatic carbocycles. The van der Waals surface area contributed by atoms with Crippen LogP contribution in [0.4, 0.5) is 10.5 Å². The fourth-order valence-corrected chi connectivity index (χ4v) is 4.01. The van der Waals surface area contributed by atoms with E-state index in [0.29, 0.717) is 11.4 Å². The molecular formula is C17H21N5O2. The lowest BCUT2D eigenvalue weighted by atomic mass is 9.98. The van der Waals surface area contributed by atoms with Gasteiger partial charge in [-0.05, 0) is 37.8 Å². The summed E-state index contributed by atoms with van der Waals surface area (Å²) in [6.45, 7) is 0. The van der Waals surface area contributed by atoms with Gasteiger partial charge < -0.3 is 15.0 Å². The van der Waals surface area contributed by atoms with E-state index in [1.165, 1.54) is 0 Å². The highest BCUT2D eigenvalue weighted by molar-refractivity contribution is 5.91. The molecule has 1 aromatic heterocycles. The molecule has 0 radical (unpaired) electrons. The first kappa shape index (κ1) is 15.0. The van der Waals surface area contributed by atoms with Gasteiger partial charge in [0.15, 0.2) is 0 Å². The zero-order valence-corrected chi connectivity index (χ0v) is 13.6. The van der Waals surface area contributed by atoms with E-state index >= 15 is 0 Å². The summed E-state index contributed by atoms with van der Waals surface area (Å²) in [5, 5.41) is 11.5. The number of benzene rings is 1. The van der Waals surface area contributed by atoms with Gasteiger partial charge in [-0.3, -0.25) is 0 Å². The van der Waals surface area contributed by atoms with Crippen LogP contribution in [0.3, 0.4) is 0 Å². The van der Waals surface area contributed by atoms with Crippen molar-refractivity contribution in [3.8, 4) is 5.75 Å². The van der Waals surface area contributed by atoms with E-state index < -0.39 is 0 Å². The van der Waals surface area contributed by atoms with E-state index in [4.69, 9.17) is 4.74 Å². The van der Waals surface area contributed by atoms with E-state index in [9.17, 15) is 4.79 Å². The van der Waals surface area contributed by atoms with Crippen LogP contribution in [-0.2, 0) is 0 Å². The summed E-state index contributed by atoms with van der Waals surface area (Å²) in [7, 11) is 1.61. The molecule has 126 valence electrons. The zero-order valence-electron chi connectivity index (χ0n) is 13.6. The molecule has 2 fully saturated rings. The minimum absolute atomic E-state index is 0.0427. The number of hydrogen-bond donors (Lipinski definition) is 1. The zero-order chi connectivity index (χ0) is 16.5. The number of fused-ring (bicyclic) bond motifs is 2. The van der Waals surface area contributed by atoms with Crippen LogP contribution in [0.2, 0.25) is 0 Å². The van der Waals surface area contributed by atoms with Crippen LogP contribution >= 0.6 is 0 Å². The summed E-state index contributed by atoms with van der Waals surface area (Å²) in [6.07, 6.45) is 7.32. The summed E-state index contributed by atoms with van der Waals surface area (Å²) in [6, 6.07) is 8.22. The number of rotatable bonds is 3. The van der Waals surface area contributed by atoms with Crippen LogP contribution in [-0.4, -0.2) is 45.1 Å². The predicted molar refractivity (Wildman–Crippen MR) is 89.0 cm³/mol. The average molecular weight is 327 g/mol. The number of amides is 2. The molecular weight excluding hydrogens is 306 g/mol. The third kappa shape index (κ3) is 2.60. The highest BCUT2D eigenvalue weighted by Crippen LogP contribution is 2.40. The summed E-state index contributed by atoms with van der Waals surface area (Å²) in [4.78, 5) is 16.6. The van der Waals surface area contributed by atoms with Crippen molar-refractivity contribution in [3.63, 3.8) is 0 Å². The normalized spacial score (nSPS) is 25.5. The molecule has 0 aliphatic carbocycles. The molecule has 24 heavy (non-hydrogen) atoms. The standard InChI is InChI=1S/C17H21N5O2/c1-24-16-5-3-2-4-15(16)20-17(23)21-12-6-7-13(21)11-14(10-12)22-18-8-9-19-22/h2-5,8-9,12-14H,6-7,10-11H2,1H3,(H,20,23). The van der Waals surface area contributed by atoms with E-state index in [1.807, 2.05) is 29.2 Å². The lowest BCUT2D eigenvalue weighted by Gasteiger charge is -2.38. The van der Waals surface area contributed by atoms with Crippen molar-refractivity contribution < 1.29 is 9.53 Å². The number of carbonyl (C=O) groups is 1. The summed E-state index contributed by atoms with van der Waals surface area (Å²) in [5.74, 6) is 0.675. The fourth-order valence-electron chi connectivity index (χ4n) is 4.01. The molecule has 2 saturated heterocycles. The molecule has 0 saturated carbocycles. The Balaban J connectivity index is 1.48. The second-order valence-electron chi connectivity index (χ2n) is 6.40. The number of aromatic nitrogens is 3. The van der Waals surface area contributed by atoms with Crippen molar-refractivity contribution in [2.24, 2.45) is 0 Å². The van der Waals surface area contributed by atoms with Crippen molar-refractivity contribution in [1.29, 1.82) is 0 Å². The summed E-state index contributed by atoms with van der Waals surface area (Å²) in [5.41, 5.74) is 0.709. The van der Waals surface area contributed by atoms with Crippen LogP contribution in [0.15, 0.2) is 36.7 Å². The molecule has 3 heterocycles. The Bertz CT molecular complexity index is 704. The monoisotopic (exact) mass is 327 g/mol. The number of para-hydroxylation sites is 2. The van der Waals surface area contributed by atoms with Crippen molar-refractivity contribution in [2.45, 2.75) is 43.8 Å². The molecule has 7 nitrogen and oxygen atoms in total. The number of nitrogens with zero attached hydrogens (tertiary/aromatic N) is 4. The van der Waals surface area contributed by atoms with Crippen molar-refractivity contribution >= 4 is 11.7 Å². The molecule has 0 spiro atoms. The maximum atomic E-state index is 12.8. The van der Waals surface area contributed by atoms with Gasteiger partial charge in [-0.15, -0.1) is 0 Å². The molecule has 2 aliphatic rings. The third-order valence-corrected chi connectivity index (χ3v) is 5.05. The van der Waals surface area contributed by atoms with Crippen LogP contribution in [0, 0.1) is 0 Å². The summed E-state index contributed by atoms with van der Waals surface area (Å²) >= 11 is 0. The minimum Gasteiger partial charge on any atom is -0.495 e. The lowest BCUT2D eigenvalue weighted by Crippen LogP contribution is -2.49. The molecule has 2 aliphatic heterocycles. The molecule has 2 aromatic rings. The third-order valence-electron chi connectivity index (χ3n) is 5.05. The van der Waals surface area contributed by atoms with Crippen LogP contribution in [0.5, 0.6) is 5.75 Å². The first-order chi connectivity index (χ1) is 11.8. The topological polar surface area (TPSA) is 72.3 Å². The highest BCUT2D eigenvalue weighted by atomic mass is 16.5. The Morgan fingerprint density at radius 3 is 2.46 bits per heavy atom. The Labute approximate surface area is 140 Å². The number of nitrogens with one attached hydrogen (secondary N) is 1. The second-order valence-corrected chi connectivity index (χ2v) is 6.40. The van der Waals surface area contributed by atoms with Gasteiger partial charge in [0.2, 0.25) is 0 Å². The Morgan fingerprint density at radius 2 is 1.79 bits per heavy atom. The molecule has 7 heteroatoms. The Morgan fingerprint density at radius 1 is 1.12 bits per heavy atom. The molecule has 2 amide bonds. The van der Waals surface area contributed by atoms with Crippen LogP contribution in [0.25, 0.3) is 0 Å². The number of piperidine rings is 1. The molecule has 4 rings (SSSR count). The van der Waals surface area contributed by atoms with E-state index in [-0.39, 0.29) is 24.2 Å².